The molecular formula is C15H21N3O2S. The molecule has 1 aromatic heterocycles. The van der Waals surface area contributed by atoms with E-state index in [9.17, 15) is 9.59 Å². The third-order valence-electron chi connectivity index (χ3n) is 4.56. The van der Waals surface area contributed by atoms with Crippen LogP contribution in [0.5, 0.6) is 0 Å². The Morgan fingerprint density at radius 1 is 1.33 bits per heavy atom. The highest BCUT2D eigenvalue weighted by Crippen LogP contribution is 2.40. The smallest absolute Gasteiger partial charge is 0.248 e. The molecule has 1 aliphatic carbocycles. The van der Waals surface area contributed by atoms with E-state index in [1.165, 1.54) is 0 Å². The highest BCUT2D eigenvalue weighted by atomic mass is 32.1. The van der Waals surface area contributed by atoms with Crippen molar-refractivity contribution in [2.45, 2.75) is 64.1 Å². The second-order valence-corrected chi connectivity index (χ2v) is 7.63. The summed E-state index contributed by atoms with van der Waals surface area (Å²) in [5, 5.41) is 5.87. The van der Waals surface area contributed by atoms with E-state index < -0.39 is 11.1 Å². The monoisotopic (exact) mass is 307 g/mol. The number of thiazole rings is 1. The van der Waals surface area contributed by atoms with Crippen LogP contribution in [0.3, 0.4) is 0 Å². The van der Waals surface area contributed by atoms with Crippen molar-refractivity contribution in [2.24, 2.45) is 0 Å². The fourth-order valence-electron chi connectivity index (χ4n) is 3.43. The third kappa shape index (κ3) is 2.25. The Kier molecular flexibility index (Phi) is 3.31. The van der Waals surface area contributed by atoms with Crippen LogP contribution in [-0.4, -0.2) is 32.8 Å². The van der Waals surface area contributed by atoms with Crippen LogP contribution >= 0.6 is 11.3 Å². The molecule has 6 heteroatoms. The van der Waals surface area contributed by atoms with E-state index in [2.05, 4.69) is 10.3 Å². The molecule has 1 spiro atoms. The Labute approximate surface area is 128 Å². The lowest BCUT2D eigenvalue weighted by Gasteiger charge is -2.49. The van der Waals surface area contributed by atoms with Crippen LogP contribution in [0.4, 0.5) is 0 Å². The average molecular weight is 307 g/mol. The number of nitrogens with one attached hydrogen (secondary N) is 1. The van der Waals surface area contributed by atoms with E-state index >= 15 is 0 Å². The molecule has 1 saturated carbocycles. The van der Waals surface area contributed by atoms with E-state index in [0.717, 1.165) is 36.4 Å². The van der Waals surface area contributed by atoms with Gasteiger partial charge in [0.25, 0.3) is 0 Å². The van der Waals surface area contributed by atoms with E-state index in [-0.39, 0.29) is 11.8 Å². The predicted molar refractivity (Wildman–Crippen MR) is 80.8 cm³/mol. The first-order valence-electron chi connectivity index (χ1n) is 7.41. The zero-order valence-corrected chi connectivity index (χ0v) is 13.5. The molecule has 0 aromatic carbocycles. The van der Waals surface area contributed by atoms with Gasteiger partial charge < -0.3 is 10.2 Å². The molecule has 2 fully saturated rings. The molecule has 1 aliphatic heterocycles. The summed E-state index contributed by atoms with van der Waals surface area (Å²) < 4.78 is 0. The number of aromatic nitrogens is 1. The van der Waals surface area contributed by atoms with Gasteiger partial charge in [-0.1, -0.05) is 12.8 Å². The van der Waals surface area contributed by atoms with Crippen LogP contribution in [0.15, 0.2) is 5.38 Å². The number of piperazine rings is 1. The molecule has 1 N–H and O–H groups in total. The van der Waals surface area contributed by atoms with Gasteiger partial charge in [-0.25, -0.2) is 4.98 Å². The van der Waals surface area contributed by atoms with Crippen LogP contribution < -0.4 is 5.32 Å². The summed E-state index contributed by atoms with van der Waals surface area (Å²) in [5.41, 5.74) is -0.622. The van der Waals surface area contributed by atoms with Crippen LogP contribution in [0.25, 0.3) is 0 Å². The molecule has 2 amide bonds. The summed E-state index contributed by atoms with van der Waals surface area (Å²) >= 11 is 1.58. The van der Waals surface area contributed by atoms with Gasteiger partial charge in [-0.3, -0.25) is 9.59 Å². The fraction of sp³-hybridized carbons (Fsp3) is 0.667. The Morgan fingerprint density at radius 2 is 2.00 bits per heavy atom. The van der Waals surface area contributed by atoms with Crippen molar-refractivity contribution in [3.63, 3.8) is 0 Å². The molecule has 3 rings (SSSR count). The van der Waals surface area contributed by atoms with Gasteiger partial charge in [-0.05, 0) is 33.6 Å². The quantitative estimate of drug-likeness (QED) is 0.909. The number of hydrogen-bond donors (Lipinski definition) is 1. The third-order valence-corrected chi connectivity index (χ3v) is 5.38. The van der Waals surface area contributed by atoms with Gasteiger partial charge in [-0.2, -0.15) is 0 Å². The van der Waals surface area contributed by atoms with Crippen molar-refractivity contribution in [3.05, 3.63) is 16.1 Å². The van der Waals surface area contributed by atoms with Crippen molar-refractivity contribution in [1.29, 1.82) is 0 Å². The molecule has 0 radical (unpaired) electrons. The molecule has 2 aliphatic rings. The minimum atomic E-state index is -0.837. The maximum absolute atomic E-state index is 12.9. The number of hydrogen-bond acceptors (Lipinski definition) is 4. The maximum Gasteiger partial charge on any atom is 0.248 e. The summed E-state index contributed by atoms with van der Waals surface area (Å²) in [6.45, 7) is 5.93. The molecule has 5 nitrogen and oxygen atoms in total. The minimum Gasteiger partial charge on any atom is -0.340 e. The predicted octanol–water partition coefficient (Wildman–Crippen LogP) is 2.00. The van der Waals surface area contributed by atoms with Crippen molar-refractivity contribution in [3.8, 4) is 0 Å². The number of rotatable bonds is 2. The number of aryl methyl sites for hydroxylation is 1. The number of nitrogens with zero attached hydrogens (tertiary/aromatic N) is 2. The van der Waals surface area contributed by atoms with Crippen LogP contribution in [-0.2, 0) is 16.1 Å². The van der Waals surface area contributed by atoms with Crippen molar-refractivity contribution in [1.82, 2.24) is 15.2 Å². The van der Waals surface area contributed by atoms with Gasteiger partial charge in [-0.15, -0.1) is 11.3 Å². The Bertz CT molecular complexity index is 587. The largest absolute Gasteiger partial charge is 0.340 e. The highest BCUT2D eigenvalue weighted by Gasteiger charge is 2.56. The number of carbonyl (C=O) groups is 2. The van der Waals surface area contributed by atoms with Crippen LogP contribution in [0.1, 0.15) is 50.2 Å². The first-order chi connectivity index (χ1) is 9.85. The zero-order chi connectivity index (χ0) is 15.3. The molecule has 21 heavy (non-hydrogen) atoms. The van der Waals surface area contributed by atoms with Crippen molar-refractivity contribution < 1.29 is 9.59 Å². The van der Waals surface area contributed by atoms with Gasteiger partial charge in [0.2, 0.25) is 11.8 Å². The van der Waals surface area contributed by atoms with Gasteiger partial charge in [0.1, 0.15) is 11.1 Å². The lowest BCUT2D eigenvalue weighted by molar-refractivity contribution is -0.162. The van der Waals surface area contributed by atoms with Crippen molar-refractivity contribution in [2.75, 3.05) is 0 Å². The number of carbonyl (C=O) groups excluding carboxylic acids is 2. The molecule has 0 bridgehead atoms. The normalized spacial score (nSPS) is 23.7. The molecule has 0 atom stereocenters. The minimum absolute atomic E-state index is 0.00319. The summed E-state index contributed by atoms with van der Waals surface area (Å²) in [6.07, 6.45) is 3.50. The maximum atomic E-state index is 12.9. The standard InChI is InChI=1S/C15H21N3O2S/c1-10-16-11(9-21-10)8-18-13(20)14(2,3)17-12(19)15(18)6-4-5-7-15/h9H,4-8H2,1-3H3,(H,17,19). The Hall–Kier alpha value is -1.43. The van der Waals surface area contributed by atoms with E-state index in [0.29, 0.717) is 6.54 Å². The Morgan fingerprint density at radius 3 is 2.57 bits per heavy atom. The first kappa shape index (κ1) is 14.5. The summed E-state index contributed by atoms with van der Waals surface area (Å²) in [6, 6.07) is 0. The van der Waals surface area contributed by atoms with Crippen molar-refractivity contribution >= 4 is 23.2 Å². The topological polar surface area (TPSA) is 62.3 Å². The van der Waals surface area contributed by atoms with Gasteiger partial charge >= 0.3 is 0 Å². The lowest BCUT2D eigenvalue weighted by atomic mass is 9.85. The Balaban J connectivity index is 1.98. The molecule has 0 unspecified atom stereocenters. The lowest BCUT2D eigenvalue weighted by Crippen LogP contribution is -2.73. The van der Waals surface area contributed by atoms with Crippen LogP contribution in [0.2, 0.25) is 0 Å². The molecular weight excluding hydrogens is 286 g/mol. The number of amides is 2. The van der Waals surface area contributed by atoms with Crippen LogP contribution in [0, 0.1) is 6.92 Å². The highest BCUT2D eigenvalue weighted by molar-refractivity contribution is 7.09. The molecule has 1 aromatic rings. The second kappa shape index (κ2) is 4.80. The van der Waals surface area contributed by atoms with E-state index in [1.54, 1.807) is 30.1 Å². The van der Waals surface area contributed by atoms with Gasteiger partial charge in [0.05, 0.1) is 17.2 Å². The summed E-state index contributed by atoms with van der Waals surface area (Å²) in [5.74, 6) is -0.00814. The second-order valence-electron chi connectivity index (χ2n) is 6.57. The molecule has 114 valence electrons. The summed E-state index contributed by atoms with van der Waals surface area (Å²) in [7, 11) is 0. The fourth-order valence-corrected chi connectivity index (χ4v) is 4.03. The van der Waals surface area contributed by atoms with Gasteiger partial charge in [0.15, 0.2) is 0 Å². The first-order valence-corrected chi connectivity index (χ1v) is 8.29. The average Bonchev–Trinajstić information content (AvgIpc) is 3.03. The molecule has 1 saturated heterocycles. The SMILES string of the molecule is Cc1nc(CN2C(=O)C(C)(C)NC(=O)C23CCCC3)cs1. The van der Waals surface area contributed by atoms with Gasteiger partial charge in [0, 0.05) is 5.38 Å². The summed E-state index contributed by atoms with van der Waals surface area (Å²) in [4.78, 5) is 31.8. The zero-order valence-electron chi connectivity index (χ0n) is 12.7. The van der Waals surface area contributed by atoms with E-state index in [4.69, 9.17) is 0 Å². The molecule has 2 heterocycles. The van der Waals surface area contributed by atoms with E-state index in [1.807, 2.05) is 12.3 Å².